The summed E-state index contributed by atoms with van der Waals surface area (Å²) in [5.41, 5.74) is 5.89. The minimum atomic E-state index is -0.501. The second kappa shape index (κ2) is 9.33. The molecule has 188 valence electrons. The summed E-state index contributed by atoms with van der Waals surface area (Å²) in [6.45, 7) is 0.504. The molecule has 8 nitrogen and oxygen atoms in total. The molecule has 0 aliphatic carbocycles. The third-order valence-electron chi connectivity index (χ3n) is 7.03. The van der Waals surface area contributed by atoms with Crippen LogP contribution in [-0.2, 0) is 4.74 Å². The maximum absolute atomic E-state index is 14.6. The summed E-state index contributed by atoms with van der Waals surface area (Å²) >= 11 is 0. The van der Waals surface area contributed by atoms with Crippen molar-refractivity contribution in [3.05, 3.63) is 77.5 Å². The smallest absolute Gasteiger partial charge is 0.255 e. The second-order valence-electron chi connectivity index (χ2n) is 9.15. The van der Waals surface area contributed by atoms with Crippen molar-refractivity contribution < 1.29 is 18.7 Å². The number of H-pyrrole nitrogens is 1. The van der Waals surface area contributed by atoms with E-state index in [0.29, 0.717) is 46.6 Å². The van der Waals surface area contributed by atoms with Crippen molar-refractivity contribution >= 4 is 28.3 Å². The van der Waals surface area contributed by atoms with E-state index in [4.69, 9.17) is 14.5 Å². The van der Waals surface area contributed by atoms with Crippen LogP contribution in [0, 0.1) is 5.82 Å². The van der Waals surface area contributed by atoms with Crippen LogP contribution in [0.1, 0.15) is 46.6 Å². The van der Waals surface area contributed by atoms with Gasteiger partial charge < -0.3 is 25.1 Å². The zero-order valence-corrected chi connectivity index (χ0v) is 20.5. The first kappa shape index (κ1) is 23.2. The number of aromatic nitrogens is 3. The Morgan fingerprint density at radius 3 is 2.81 bits per heavy atom. The van der Waals surface area contributed by atoms with Gasteiger partial charge in [0.25, 0.3) is 5.91 Å². The van der Waals surface area contributed by atoms with Crippen LogP contribution >= 0.6 is 0 Å². The molecule has 1 aromatic carbocycles. The number of rotatable bonds is 4. The van der Waals surface area contributed by atoms with Crippen molar-refractivity contribution in [2.75, 3.05) is 26.1 Å². The molecule has 4 aromatic rings. The van der Waals surface area contributed by atoms with Crippen LogP contribution in [0.2, 0.25) is 0 Å². The Labute approximate surface area is 212 Å². The summed E-state index contributed by atoms with van der Waals surface area (Å²) in [7, 11) is 3.10. The number of ether oxygens (including phenoxy) is 2. The van der Waals surface area contributed by atoms with Crippen LogP contribution in [-0.4, -0.2) is 41.6 Å². The fraction of sp³-hybridized carbons (Fsp3) is 0.250. The molecule has 5 heterocycles. The molecule has 4 bridgehead atoms. The predicted octanol–water partition coefficient (Wildman–Crippen LogP) is 5.38. The van der Waals surface area contributed by atoms with E-state index in [1.165, 1.54) is 13.2 Å². The molecule has 0 spiro atoms. The maximum Gasteiger partial charge on any atom is 0.255 e. The standard InChI is InChI=1S/C28H26FN5O3/c1-36-21-9-4-3-6-15-14-31-28(35)22-23(15)34-25(16-12-13-30-19-11-10-18(21)32-24(16)19)26(22)33-20-8-5-7-17(29)27(20)37-2/h3-5,7-8,10-13,15,21,33-34H,6,9,14H2,1-2H3,(H,31,35)/b4-3-. The van der Waals surface area contributed by atoms with Gasteiger partial charge in [-0.2, -0.15) is 0 Å². The number of hydrogen-bond donors (Lipinski definition) is 3. The summed E-state index contributed by atoms with van der Waals surface area (Å²) in [4.78, 5) is 26.3. The molecule has 2 aliphatic rings. The number of hydrogen-bond acceptors (Lipinski definition) is 6. The van der Waals surface area contributed by atoms with Gasteiger partial charge in [-0.1, -0.05) is 18.2 Å². The third kappa shape index (κ3) is 3.92. The van der Waals surface area contributed by atoms with Crippen molar-refractivity contribution in [1.29, 1.82) is 0 Å². The van der Waals surface area contributed by atoms with Crippen molar-refractivity contribution in [3.8, 4) is 17.0 Å². The normalized spacial score (nSPS) is 19.5. The predicted molar refractivity (Wildman–Crippen MR) is 139 cm³/mol. The summed E-state index contributed by atoms with van der Waals surface area (Å²) < 4.78 is 25.7. The van der Waals surface area contributed by atoms with E-state index >= 15 is 0 Å². The highest BCUT2D eigenvalue weighted by Crippen LogP contribution is 2.43. The van der Waals surface area contributed by atoms with Crippen LogP contribution < -0.4 is 15.4 Å². The lowest BCUT2D eigenvalue weighted by atomic mass is 9.93. The number of anilines is 2. The minimum absolute atomic E-state index is 0.0304. The van der Waals surface area contributed by atoms with Crippen molar-refractivity contribution in [2.45, 2.75) is 24.9 Å². The van der Waals surface area contributed by atoms with Crippen LogP contribution in [0.3, 0.4) is 0 Å². The number of pyridine rings is 2. The first-order valence-corrected chi connectivity index (χ1v) is 12.2. The van der Waals surface area contributed by atoms with Crippen LogP contribution in [0.5, 0.6) is 5.75 Å². The third-order valence-corrected chi connectivity index (χ3v) is 7.03. The summed E-state index contributed by atoms with van der Waals surface area (Å²) in [6.07, 6.45) is 7.13. The molecule has 0 saturated heterocycles. The number of benzene rings is 1. The Morgan fingerprint density at radius 1 is 1.11 bits per heavy atom. The van der Waals surface area contributed by atoms with Gasteiger partial charge >= 0.3 is 0 Å². The number of nitrogens with one attached hydrogen (secondary N) is 3. The lowest BCUT2D eigenvalue weighted by Gasteiger charge is -2.23. The first-order chi connectivity index (χ1) is 18.1. The van der Waals surface area contributed by atoms with E-state index in [2.05, 4.69) is 32.8 Å². The molecule has 3 N–H and O–H groups in total. The monoisotopic (exact) mass is 499 g/mol. The van der Waals surface area contributed by atoms with Gasteiger partial charge in [0, 0.05) is 37.0 Å². The average Bonchev–Trinajstić information content (AvgIpc) is 3.29. The van der Waals surface area contributed by atoms with Gasteiger partial charge in [0.15, 0.2) is 11.6 Å². The molecule has 0 fully saturated rings. The van der Waals surface area contributed by atoms with Gasteiger partial charge in [-0.3, -0.25) is 9.78 Å². The van der Waals surface area contributed by atoms with Gasteiger partial charge in [-0.15, -0.1) is 0 Å². The SMILES string of the molecule is COc1c(F)cccc1Nc1c2[nH]c3c1C(=O)NCC3C/C=C\CC(OC)c1ccc3nccc-2c3n1. The van der Waals surface area contributed by atoms with E-state index in [1.807, 2.05) is 18.2 Å². The number of halogens is 1. The van der Waals surface area contributed by atoms with Gasteiger partial charge in [0.05, 0.1) is 46.5 Å². The summed E-state index contributed by atoms with van der Waals surface area (Å²) in [6, 6.07) is 10.4. The lowest BCUT2D eigenvalue weighted by molar-refractivity contribution is 0.0941. The van der Waals surface area contributed by atoms with E-state index in [9.17, 15) is 9.18 Å². The van der Waals surface area contributed by atoms with E-state index in [1.54, 1.807) is 25.4 Å². The van der Waals surface area contributed by atoms with Crippen molar-refractivity contribution in [3.63, 3.8) is 0 Å². The zero-order chi connectivity index (χ0) is 25.5. The number of allylic oxidation sites excluding steroid dienone is 1. The number of amides is 1. The highest BCUT2D eigenvalue weighted by atomic mass is 19.1. The highest BCUT2D eigenvalue weighted by Gasteiger charge is 2.33. The van der Waals surface area contributed by atoms with E-state index < -0.39 is 5.82 Å². The Balaban J connectivity index is 1.64. The fourth-order valence-electron chi connectivity index (χ4n) is 5.18. The van der Waals surface area contributed by atoms with Crippen LogP contribution in [0.25, 0.3) is 22.3 Å². The Kier molecular flexibility index (Phi) is 5.84. The second-order valence-corrected chi connectivity index (χ2v) is 9.15. The molecule has 0 radical (unpaired) electrons. The summed E-state index contributed by atoms with van der Waals surface area (Å²) in [5.74, 6) is -0.604. The van der Waals surface area contributed by atoms with Crippen molar-refractivity contribution in [2.24, 2.45) is 0 Å². The fourth-order valence-corrected chi connectivity index (χ4v) is 5.18. The van der Waals surface area contributed by atoms with Gasteiger partial charge in [0.2, 0.25) is 0 Å². The number of fused-ring (bicyclic) bond motifs is 3. The van der Waals surface area contributed by atoms with Gasteiger partial charge in [-0.05, 0) is 43.2 Å². The number of nitrogens with zero attached hydrogens (tertiary/aromatic N) is 2. The maximum atomic E-state index is 14.6. The minimum Gasteiger partial charge on any atom is -0.492 e. The lowest BCUT2D eigenvalue weighted by Crippen LogP contribution is -2.34. The molecule has 1 amide bonds. The van der Waals surface area contributed by atoms with Gasteiger partial charge in [0.1, 0.15) is 6.10 Å². The molecular weight excluding hydrogens is 473 g/mol. The molecule has 6 rings (SSSR count). The van der Waals surface area contributed by atoms with Crippen molar-refractivity contribution in [1.82, 2.24) is 20.3 Å². The molecule has 0 saturated carbocycles. The quantitative estimate of drug-likeness (QED) is 0.326. The topological polar surface area (TPSA) is 101 Å². The average molecular weight is 500 g/mol. The number of methoxy groups -OCH3 is 2. The Hall–Kier alpha value is -4.24. The highest BCUT2D eigenvalue weighted by molar-refractivity contribution is 6.08. The molecule has 2 atom stereocenters. The zero-order valence-electron chi connectivity index (χ0n) is 20.5. The van der Waals surface area contributed by atoms with Gasteiger partial charge in [-0.25, -0.2) is 9.37 Å². The summed E-state index contributed by atoms with van der Waals surface area (Å²) in [5, 5.41) is 6.34. The van der Waals surface area contributed by atoms with Crippen LogP contribution in [0.15, 0.2) is 54.7 Å². The van der Waals surface area contributed by atoms with Crippen LogP contribution in [0.4, 0.5) is 15.8 Å². The first-order valence-electron chi connectivity index (χ1n) is 12.2. The molecule has 3 aromatic heterocycles. The molecule has 2 aliphatic heterocycles. The molecule has 2 unspecified atom stereocenters. The number of carbonyl (C=O) groups is 1. The molecular formula is C28H26FN5O3. The Bertz CT molecular complexity index is 1550. The van der Waals surface area contributed by atoms with E-state index in [-0.39, 0.29) is 23.7 Å². The molecule has 9 heteroatoms. The largest absolute Gasteiger partial charge is 0.492 e. The number of carbonyl (C=O) groups excluding carboxylic acids is 1. The Morgan fingerprint density at radius 2 is 1.97 bits per heavy atom. The number of para-hydroxylation sites is 1. The number of aromatic amines is 1. The van der Waals surface area contributed by atoms with E-state index in [0.717, 1.165) is 23.4 Å². The molecule has 37 heavy (non-hydrogen) atoms.